The Morgan fingerprint density at radius 2 is 1.56 bits per heavy atom. The fourth-order valence-electron chi connectivity index (χ4n) is 0.941. The Bertz CT molecular complexity index is 67.0. The summed E-state index contributed by atoms with van der Waals surface area (Å²) in [5, 5.41) is 9.07. The van der Waals surface area contributed by atoms with Crippen molar-refractivity contribution in [1.29, 1.82) is 0 Å². The fraction of sp³-hybridized carbons (Fsp3) is 1.00. The van der Waals surface area contributed by atoms with Gasteiger partial charge >= 0.3 is 0 Å². The van der Waals surface area contributed by atoms with Crippen LogP contribution in [0.4, 0.5) is 0 Å². The van der Waals surface area contributed by atoms with E-state index in [1.165, 1.54) is 0 Å². The topological polar surface area (TPSA) is 20.2 Å². The molecule has 0 aliphatic carbocycles. The lowest BCUT2D eigenvalue weighted by molar-refractivity contribution is 0.122. The minimum absolute atomic E-state index is 0.146. The van der Waals surface area contributed by atoms with E-state index in [1.807, 2.05) is 6.92 Å². The maximum Gasteiger partial charge on any atom is 0.0537 e. The zero-order chi connectivity index (χ0) is 7.44. The van der Waals surface area contributed by atoms with Crippen LogP contribution in [0.1, 0.15) is 34.1 Å². The van der Waals surface area contributed by atoms with Crippen LogP contribution in [0.15, 0.2) is 0 Å². The van der Waals surface area contributed by atoms with Gasteiger partial charge in [-0.25, -0.2) is 0 Å². The van der Waals surface area contributed by atoms with E-state index in [9.17, 15) is 0 Å². The monoisotopic (exact) mass is 130 g/mol. The molecule has 0 aromatic rings. The molecule has 0 aliphatic heterocycles. The molecule has 56 valence electrons. The Labute approximate surface area is 58.1 Å². The van der Waals surface area contributed by atoms with Crippen molar-refractivity contribution < 1.29 is 5.11 Å². The highest BCUT2D eigenvalue weighted by atomic mass is 16.3. The smallest absolute Gasteiger partial charge is 0.0537 e. The Kier molecular flexibility index (Phi) is 3.87. The predicted octanol–water partition coefficient (Wildman–Crippen LogP) is 2.05. The van der Waals surface area contributed by atoms with Crippen molar-refractivity contribution in [3.63, 3.8) is 0 Å². The minimum Gasteiger partial charge on any atom is -0.393 e. The van der Waals surface area contributed by atoms with E-state index < -0.39 is 0 Å². The van der Waals surface area contributed by atoms with Gasteiger partial charge in [-0.15, -0.1) is 0 Å². The van der Waals surface area contributed by atoms with Crippen LogP contribution in [0.2, 0.25) is 0 Å². The normalized spacial score (nSPS) is 18.0. The Balaban J connectivity index is 3.38. The van der Waals surface area contributed by atoms with Crippen LogP contribution in [-0.4, -0.2) is 11.2 Å². The third-order valence-corrected chi connectivity index (χ3v) is 1.67. The lowest BCUT2D eigenvalue weighted by Crippen LogP contribution is -2.14. The van der Waals surface area contributed by atoms with Gasteiger partial charge in [0.1, 0.15) is 0 Å². The van der Waals surface area contributed by atoms with Crippen molar-refractivity contribution in [2.24, 2.45) is 11.8 Å². The van der Waals surface area contributed by atoms with E-state index >= 15 is 0 Å². The summed E-state index contributed by atoms with van der Waals surface area (Å²) in [5.74, 6) is 1.15. The lowest BCUT2D eigenvalue weighted by atomic mass is 9.95. The summed E-state index contributed by atoms with van der Waals surface area (Å²) in [6.07, 6.45) is 0.977. The second-order valence-corrected chi connectivity index (χ2v) is 3.35. The number of hydrogen-bond acceptors (Lipinski definition) is 1. The van der Waals surface area contributed by atoms with Gasteiger partial charge in [0.15, 0.2) is 0 Å². The summed E-state index contributed by atoms with van der Waals surface area (Å²) in [6.45, 7) is 8.30. The first-order chi connectivity index (χ1) is 4.04. The zero-order valence-electron chi connectivity index (χ0n) is 6.89. The van der Waals surface area contributed by atoms with Crippen LogP contribution in [0, 0.1) is 11.8 Å². The summed E-state index contributed by atoms with van der Waals surface area (Å²) in [7, 11) is 0. The molecular weight excluding hydrogens is 112 g/mol. The van der Waals surface area contributed by atoms with Crippen molar-refractivity contribution in [1.82, 2.24) is 0 Å². The van der Waals surface area contributed by atoms with E-state index in [0.29, 0.717) is 11.8 Å². The van der Waals surface area contributed by atoms with Gasteiger partial charge in [-0.3, -0.25) is 0 Å². The van der Waals surface area contributed by atoms with Crippen molar-refractivity contribution in [3.8, 4) is 0 Å². The number of aliphatic hydroxyl groups is 1. The highest BCUT2D eigenvalue weighted by molar-refractivity contribution is 4.60. The first kappa shape index (κ1) is 8.96. The molecule has 0 radical (unpaired) electrons. The molecule has 9 heavy (non-hydrogen) atoms. The van der Waals surface area contributed by atoms with Crippen LogP contribution in [-0.2, 0) is 0 Å². The highest BCUT2D eigenvalue weighted by Crippen LogP contribution is 2.13. The average molecular weight is 130 g/mol. The van der Waals surface area contributed by atoms with Crippen LogP contribution in [0.25, 0.3) is 0 Å². The quantitative estimate of drug-likeness (QED) is 0.620. The van der Waals surface area contributed by atoms with Crippen LogP contribution < -0.4 is 0 Å². The molecule has 0 fully saturated rings. The second kappa shape index (κ2) is 3.89. The van der Waals surface area contributed by atoms with Crippen molar-refractivity contribution >= 4 is 0 Å². The third-order valence-electron chi connectivity index (χ3n) is 1.67. The van der Waals surface area contributed by atoms with Crippen LogP contribution >= 0.6 is 0 Å². The van der Waals surface area contributed by atoms with E-state index in [4.69, 9.17) is 5.11 Å². The zero-order valence-corrected chi connectivity index (χ0v) is 6.89. The molecule has 1 N–H and O–H groups in total. The molecule has 1 heteroatoms. The fourth-order valence-corrected chi connectivity index (χ4v) is 0.941. The van der Waals surface area contributed by atoms with Gasteiger partial charge in [0.2, 0.25) is 0 Å². The number of hydrogen-bond donors (Lipinski definition) is 1. The molecule has 0 bridgehead atoms. The van der Waals surface area contributed by atoms with Crippen LogP contribution in [0.5, 0.6) is 0 Å². The number of rotatable bonds is 3. The molecular formula is C8H18O. The summed E-state index contributed by atoms with van der Waals surface area (Å²) >= 11 is 0. The van der Waals surface area contributed by atoms with E-state index in [1.54, 1.807) is 0 Å². The number of aliphatic hydroxyl groups excluding tert-OH is 1. The van der Waals surface area contributed by atoms with Crippen molar-refractivity contribution in [2.45, 2.75) is 40.2 Å². The largest absolute Gasteiger partial charge is 0.393 e. The molecule has 0 aromatic carbocycles. The first-order valence-electron chi connectivity index (χ1n) is 3.72. The minimum atomic E-state index is -0.146. The molecule has 0 aliphatic rings. The molecule has 1 unspecified atom stereocenters. The van der Waals surface area contributed by atoms with Gasteiger partial charge < -0.3 is 5.11 Å². The Morgan fingerprint density at radius 3 is 1.67 bits per heavy atom. The van der Waals surface area contributed by atoms with Gasteiger partial charge in [0.25, 0.3) is 0 Å². The standard InChI is InChI=1S/C8H18O/c1-6(2)5-7(3)8(4)9/h6-9H,5H2,1-4H3/t7-,8?/m1/s1. The molecule has 1 nitrogen and oxygen atoms in total. The summed E-state index contributed by atoms with van der Waals surface area (Å²) in [5.41, 5.74) is 0. The third kappa shape index (κ3) is 4.46. The van der Waals surface area contributed by atoms with E-state index in [2.05, 4.69) is 20.8 Å². The molecule has 0 rings (SSSR count). The van der Waals surface area contributed by atoms with Crippen molar-refractivity contribution in [3.05, 3.63) is 0 Å². The van der Waals surface area contributed by atoms with E-state index in [0.717, 1.165) is 6.42 Å². The van der Waals surface area contributed by atoms with Gasteiger partial charge in [-0.2, -0.15) is 0 Å². The molecule has 0 amide bonds. The lowest BCUT2D eigenvalue weighted by Gasteiger charge is -2.15. The maximum absolute atomic E-state index is 9.07. The molecule has 0 heterocycles. The van der Waals surface area contributed by atoms with Gasteiger partial charge in [-0.05, 0) is 25.2 Å². The van der Waals surface area contributed by atoms with Crippen LogP contribution in [0.3, 0.4) is 0 Å². The van der Waals surface area contributed by atoms with Gasteiger partial charge in [0.05, 0.1) is 6.10 Å². The molecule has 0 spiro atoms. The summed E-state index contributed by atoms with van der Waals surface area (Å²) in [6, 6.07) is 0. The average Bonchev–Trinajstić information content (AvgIpc) is 1.63. The SMILES string of the molecule is CC(C)C[C@@H](C)C(C)O. The summed E-state index contributed by atoms with van der Waals surface area (Å²) < 4.78 is 0. The van der Waals surface area contributed by atoms with Gasteiger partial charge in [-0.1, -0.05) is 20.8 Å². The summed E-state index contributed by atoms with van der Waals surface area (Å²) in [4.78, 5) is 0. The Hall–Kier alpha value is -0.0400. The maximum atomic E-state index is 9.07. The molecule has 0 saturated carbocycles. The highest BCUT2D eigenvalue weighted by Gasteiger charge is 2.09. The van der Waals surface area contributed by atoms with Gasteiger partial charge in [0, 0.05) is 0 Å². The molecule has 0 saturated heterocycles. The van der Waals surface area contributed by atoms with E-state index in [-0.39, 0.29) is 6.10 Å². The molecule has 2 atom stereocenters. The Morgan fingerprint density at radius 1 is 1.11 bits per heavy atom. The van der Waals surface area contributed by atoms with Crippen molar-refractivity contribution in [2.75, 3.05) is 0 Å². The first-order valence-corrected chi connectivity index (χ1v) is 3.72. The second-order valence-electron chi connectivity index (χ2n) is 3.35. The molecule has 0 aromatic heterocycles. The predicted molar refractivity (Wildman–Crippen MR) is 40.3 cm³/mol.